The van der Waals surface area contributed by atoms with Gasteiger partial charge in [0.15, 0.2) is 0 Å². The van der Waals surface area contributed by atoms with Crippen LogP contribution in [0.25, 0.3) is 0 Å². The Balaban J connectivity index is 3.62. The Bertz CT molecular complexity index is 156. The Morgan fingerprint density at radius 1 is 1.55 bits per heavy atom. The van der Waals surface area contributed by atoms with Crippen molar-refractivity contribution in [3.05, 3.63) is 23.8 Å². The van der Waals surface area contributed by atoms with Gasteiger partial charge in [-0.15, -0.1) is 11.6 Å². The minimum absolute atomic E-state index is 0.143. The molecule has 0 N–H and O–H groups in total. The number of hydrogen-bond acceptors (Lipinski definition) is 0. The third-order valence-electron chi connectivity index (χ3n) is 1.82. The maximum atomic E-state index is 5.99. The zero-order chi connectivity index (χ0) is 8.85. The van der Waals surface area contributed by atoms with Gasteiger partial charge in [0.25, 0.3) is 0 Å². The third-order valence-corrected chi connectivity index (χ3v) is 2.41. The van der Waals surface area contributed by atoms with Gasteiger partial charge in [-0.05, 0) is 33.6 Å². The molecule has 0 aliphatic rings. The van der Waals surface area contributed by atoms with Crippen molar-refractivity contribution in [2.45, 2.75) is 39.0 Å². The van der Waals surface area contributed by atoms with Crippen LogP contribution in [-0.2, 0) is 0 Å². The minimum atomic E-state index is 0.143. The lowest BCUT2D eigenvalue weighted by molar-refractivity contribution is 0.811. The van der Waals surface area contributed by atoms with Crippen molar-refractivity contribution in [2.24, 2.45) is 0 Å². The fourth-order valence-electron chi connectivity index (χ4n) is 0.745. The molecule has 0 saturated carbocycles. The molecule has 0 heterocycles. The van der Waals surface area contributed by atoms with Crippen molar-refractivity contribution >= 4 is 11.6 Å². The van der Waals surface area contributed by atoms with Crippen LogP contribution in [0, 0.1) is 0 Å². The van der Waals surface area contributed by atoms with Gasteiger partial charge in [0, 0.05) is 0 Å². The molecule has 0 bridgehead atoms. The smallest absolute Gasteiger partial charge is 0.0543 e. The number of hydrogen-bond donors (Lipinski definition) is 0. The Hall–Kier alpha value is -0.230. The van der Waals surface area contributed by atoms with Crippen LogP contribution < -0.4 is 0 Å². The molecule has 64 valence electrons. The van der Waals surface area contributed by atoms with Crippen LogP contribution in [0.3, 0.4) is 0 Å². The van der Waals surface area contributed by atoms with Gasteiger partial charge in [-0.2, -0.15) is 0 Å². The first-order valence-corrected chi connectivity index (χ1v) is 4.42. The molecular weight excluding hydrogens is 156 g/mol. The summed E-state index contributed by atoms with van der Waals surface area (Å²) in [5, 5.41) is 0.143. The van der Waals surface area contributed by atoms with E-state index >= 15 is 0 Å². The average molecular weight is 173 g/mol. The van der Waals surface area contributed by atoms with Crippen molar-refractivity contribution in [1.29, 1.82) is 0 Å². The summed E-state index contributed by atoms with van der Waals surface area (Å²) in [6.45, 7) is 9.96. The fraction of sp³-hybridized carbons (Fsp3) is 0.600. The third kappa shape index (κ3) is 5.09. The summed E-state index contributed by atoms with van der Waals surface area (Å²) in [7, 11) is 0. The van der Waals surface area contributed by atoms with E-state index in [1.54, 1.807) is 0 Å². The van der Waals surface area contributed by atoms with E-state index in [1.807, 2.05) is 6.92 Å². The highest BCUT2D eigenvalue weighted by Gasteiger charge is 2.03. The second-order valence-corrected chi connectivity index (χ2v) is 3.51. The Morgan fingerprint density at radius 2 is 2.09 bits per heavy atom. The van der Waals surface area contributed by atoms with E-state index in [0.717, 1.165) is 18.4 Å². The molecule has 0 rings (SSSR count). The maximum absolute atomic E-state index is 5.99. The van der Waals surface area contributed by atoms with Gasteiger partial charge in [-0.25, -0.2) is 0 Å². The first-order chi connectivity index (χ1) is 5.07. The Morgan fingerprint density at radius 3 is 2.45 bits per heavy atom. The summed E-state index contributed by atoms with van der Waals surface area (Å²) in [5.41, 5.74) is 2.47. The van der Waals surface area contributed by atoms with Crippen molar-refractivity contribution in [3.8, 4) is 0 Å². The number of allylic oxidation sites excluding steroid dienone is 3. The summed E-state index contributed by atoms with van der Waals surface area (Å²) < 4.78 is 0. The van der Waals surface area contributed by atoms with Gasteiger partial charge in [-0.1, -0.05) is 23.8 Å². The van der Waals surface area contributed by atoms with Gasteiger partial charge < -0.3 is 0 Å². The van der Waals surface area contributed by atoms with Crippen LogP contribution >= 0.6 is 11.6 Å². The summed E-state index contributed by atoms with van der Waals surface area (Å²) in [4.78, 5) is 0. The molecule has 0 amide bonds. The zero-order valence-corrected chi connectivity index (χ0v) is 8.41. The molecule has 1 atom stereocenters. The van der Waals surface area contributed by atoms with E-state index in [0.29, 0.717) is 0 Å². The number of rotatable bonds is 4. The van der Waals surface area contributed by atoms with E-state index in [9.17, 15) is 0 Å². The number of alkyl halides is 1. The highest BCUT2D eigenvalue weighted by molar-refractivity contribution is 6.22. The van der Waals surface area contributed by atoms with Crippen LogP contribution in [0.15, 0.2) is 23.8 Å². The average Bonchev–Trinajstić information content (AvgIpc) is 1.99. The standard InChI is InChI=1S/C10H17Cl/c1-5-9(4)6-7-10(11)8(2)3/h5,10H,2,6-7H2,1,3-4H3/b9-5-. The highest BCUT2D eigenvalue weighted by atomic mass is 35.5. The molecule has 0 nitrogen and oxygen atoms in total. The Labute approximate surface area is 74.9 Å². The Kier molecular flexibility index (Phi) is 5.31. The minimum Gasteiger partial charge on any atom is -0.118 e. The maximum Gasteiger partial charge on any atom is 0.0543 e. The number of halogens is 1. The van der Waals surface area contributed by atoms with Gasteiger partial charge in [0.05, 0.1) is 5.38 Å². The predicted molar refractivity (Wildman–Crippen MR) is 53.1 cm³/mol. The summed E-state index contributed by atoms with van der Waals surface area (Å²) in [5.74, 6) is 0. The van der Waals surface area contributed by atoms with Crippen LogP contribution in [0.1, 0.15) is 33.6 Å². The lowest BCUT2D eigenvalue weighted by atomic mass is 10.1. The van der Waals surface area contributed by atoms with Crippen molar-refractivity contribution < 1.29 is 0 Å². The molecule has 0 radical (unpaired) electrons. The van der Waals surface area contributed by atoms with Crippen molar-refractivity contribution in [2.75, 3.05) is 0 Å². The molecular formula is C10H17Cl. The lowest BCUT2D eigenvalue weighted by Gasteiger charge is -2.07. The fourth-order valence-corrected chi connectivity index (χ4v) is 0.854. The van der Waals surface area contributed by atoms with Crippen LogP contribution in [0.5, 0.6) is 0 Å². The summed E-state index contributed by atoms with van der Waals surface area (Å²) in [6.07, 6.45) is 4.21. The van der Waals surface area contributed by atoms with Crippen LogP contribution in [-0.4, -0.2) is 5.38 Å². The summed E-state index contributed by atoms with van der Waals surface area (Å²) >= 11 is 5.99. The second kappa shape index (κ2) is 5.42. The molecule has 0 fully saturated rings. The van der Waals surface area contributed by atoms with Gasteiger partial charge >= 0.3 is 0 Å². The molecule has 1 unspecified atom stereocenters. The lowest BCUT2D eigenvalue weighted by Crippen LogP contribution is -1.98. The van der Waals surface area contributed by atoms with E-state index < -0.39 is 0 Å². The normalized spacial score (nSPS) is 14.7. The van der Waals surface area contributed by atoms with Crippen molar-refractivity contribution in [1.82, 2.24) is 0 Å². The molecule has 0 aromatic carbocycles. The van der Waals surface area contributed by atoms with Gasteiger partial charge in [0.1, 0.15) is 0 Å². The molecule has 0 aliphatic carbocycles. The van der Waals surface area contributed by atoms with E-state index in [-0.39, 0.29) is 5.38 Å². The van der Waals surface area contributed by atoms with Gasteiger partial charge in [0.2, 0.25) is 0 Å². The molecule has 0 spiro atoms. The largest absolute Gasteiger partial charge is 0.118 e. The second-order valence-electron chi connectivity index (χ2n) is 2.99. The van der Waals surface area contributed by atoms with Crippen LogP contribution in [0.2, 0.25) is 0 Å². The molecule has 11 heavy (non-hydrogen) atoms. The summed E-state index contributed by atoms with van der Waals surface area (Å²) in [6, 6.07) is 0. The van der Waals surface area contributed by atoms with E-state index in [4.69, 9.17) is 11.6 Å². The topological polar surface area (TPSA) is 0 Å². The van der Waals surface area contributed by atoms with E-state index in [1.165, 1.54) is 5.57 Å². The zero-order valence-electron chi connectivity index (χ0n) is 7.65. The first-order valence-electron chi connectivity index (χ1n) is 3.99. The molecule has 1 heteroatoms. The molecule has 0 aromatic rings. The monoisotopic (exact) mass is 172 g/mol. The predicted octanol–water partition coefficient (Wildman–Crippen LogP) is 3.92. The van der Waals surface area contributed by atoms with Crippen LogP contribution in [0.4, 0.5) is 0 Å². The SMILES string of the molecule is C=C(C)C(Cl)CC/C(C)=C\C. The quantitative estimate of drug-likeness (QED) is 0.446. The molecule has 0 aliphatic heterocycles. The van der Waals surface area contributed by atoms with Crippen molar-refractivity contribution in [3.63, 3.8) is 0 Å². The van der Waals surface area contributed by atoms with Gasteiger partial charge in [-0.3, -0.25) is 0 Å². The van der Waals surface area contributed by atoms with E-state index in [2.05, 4.69) is 26.5 Å². The molecule has 0 aromatic heterocycles. The first kappa shape index (κ1) is 10.8. The molecule has 0 saturated heterocycles. The highest BCUT2D eigenvalue weighted by Crippen LogP contribution is 2.16.